The normalized spacial score (nSPS) is 14.3. The number of nitrogens with zero attached hydrogens (tertiary/aromatic N) is 2. The minimum Gasteiger partial charge on any atom is -0.439 e. The van der Waals surface area contributed by atoms with Crippen molar-refractivity contribution in [2.45, 2.75) is 6.42 Å². The number of benzene rings is 4. The number of carbonyl (C=O) groups is 1. The number of hydrogen-bond donors (Lipinski definition) is 1. The Balaban J connectivity index is 1.40. The second-order valence-corrected chi connectivity index (χ2v) is 11.0. The lowest BCUT2D eigenvalue weighted by Crippen LogP contribution is -2.23. The average Bonchev–Trinajstić information content (AvgIpc) is 3.32. The van der Waals surface area contributed by atoms with Crippen molar-refractivity contribution >= 4 is 32.4 Å². The van der Waals surface area contributed by atoms with E-state index in [2.05, 4.69) is 0 Å². The van der Waals surface area contributed by atoms with Crippen LogP contribution in [0.25, 0.3) is 21.9 Å². The van der Waals surface area contributed by atoms with E-state index in [4.69, 9.17) is 4.74 Å². The van der Waals surface area contributed by atoms with Gasteiger partial charge in [-0.1, -0.05) is 91.0 Å². The number of nitriles is 1. The topological polar surface area (TPSA) is 108 Å². The third-order valence-electron chi connectivity index (χ3n) is 6.63. The van der Waals surface area contributed by atoms with Gasteiger partial charge in [-0.3, -0.25) is 9.35 Å². The highest BCUT2D eigenvalue weighted by molar-refractivity contribution is 7.85. The highest BCUT2D eigenvalue weighted by Gasteiger charge is 2.26. The molecule has 0 radical (unpaired) electrons. The molecule has 0 unspecified atom stereocenters. The Hall–Kier alpha value is -4.97. The molecule has 41 heavy (non-hydrogen) atoms. The van der Waals surface area contributed by atoms with Crippen LogP contribution in [-0.4, -0.2) is 31.1 Å². The third kappa shape index (κ3) is 6.44. The fraction of sp³-hybridized carbons (Fsp3) is 0.0909. The van der Waals surface area contributed by atoms with Gasteiger partial charge in [-0.15, -0.1) is 0 Å². The first kappa shape index (κ1) is 27.6. The van der Waals surface area contributed by atoms with Crippen LogP contribution in [-0.2, 0) is 10.1 Å². The highest BCUT2D eigenvalue weighted by atomic mass is 32.2. The van der Waals surface area contributed by atoms with Crippen molar-refractivity contribution in [2.24, 2.45) is 0 Å². The summed E-state index contributed by atoms with van der Waals surface area (Å²) >= 11 is 0. The predicted octanol–water partition coefficient (Wildman–Crippen LogP) is 6.71. The maximum absolute atomic E-state index is 13.1. The lowest BCUT2D eigenvalue weighted by molar-refractivity contribution is 0.104. The number of carbonyl (C=O) groups excluding carboxylic acids is 1. The van der Waals surface area contributed by atoms with Gasteiger partial charge >= 0.3 is 0 Å². The summed E-state index contributed by atoms with van der Waals surface area (Å²) in [4.78, 5) is 15.0. The first-order valence-electron chi connectivity index (χ1n) is 13.0. The second kappa shape index (κ2) is 12.0. The van der Waals surface area contributed by atoms with Gasteiger partial charge in [0.15, 0.2) is 5.75 Å². The summed E-state index contributed by atoms with van der Waals surface area (Å²) in [6, 6.07) is 30.5. The van der Waals surface area contributed by atoms with Crippen LogP contribution in [0.5, 0.6) is 5.75 Å². The molecule has 8 heteroatoms. The number of hydrogen-bond acceptors (Lipinski definition) is 6. The Labute approximate surface area is 238 Å². The van der Waals surface area contributed by atoms with E-state index >= 15 is 0 Å². The first-order valence-corrected chi connectivity index (χ1v) is 14.6. The third-order valence-corrected chi connectivity index (χ3v) is 7.44. The van der Waals surface area contributed by atoms with Gasteiger partial charge in [-0.05, 0) is 52.6 Å². The monoisotopic (exact) mass is 562 g/mol. The maximum Gasteiger partial charge on any atom is 0.264 e. The summed E-state index contributed by atoms with van der Waals surface area (Å²) in [5, 5.41) is 11.4. The lowest BCUT2D eigenvalue weighted by Gasteiger charge is -2.18. The number of rotatable bonds is 9. The molecule has 4 aromatic rings. The zero-order valence-corrected chi connectivity index (χ0v) is 22.8. The molecule has 0 spiro atoms. The summed E-state index contributed by atoms with van der Waals surface area (Å²) in [5.41, 5.74) is 3.20. The molecule has 1 aliphatic rings. The van der Waals surface area contributed by atoms with E-state index in [1.54, 1.807) is 30.4 Å². The summed E-state index contributed by atoms with van der Waals surface area (Å²) in [5.74, 6) is 0.302. The zero-order valence-electron chi connectivity index (χ0n) is 22.0. The van der Waals surface area contributed by atoms with Crippen molar-refractivity contribution in [1.82, 2.24) is 0 Å². The molecule has 0 aliphatic carbocycles. The number of fused-ring (bicyclic) bond motifs is 2. The van der Waals surface area contributed by atoms with Gasteiger partial charge in [-0.25, -0.2) is 0 Å². The van der Waals surface area contributed by atoms with Gasteiger partial charge in [0.25, 0.3) is 10.1 Å². The quantitative estimate of drug-likeness (QED) is 0.0794. The van der Waals surface area contributed by atoms with E-state index in [1.165, 1.54) is 6.08 Å². The Bertz CT molecular complexity index is 1850. The molecule has 0 bridgehead atoms. The molecule has 1 heterocycles. The number of ether oxygens (including phenoxy) is 1. The van der Waals surface area contributed by atoms with Gasteiger partial charge in [0, 0.05) is 12.1 Å². The molecule has 7 nitrogen and oxygen atoms in total. The molecule has 4 aromatic carbocycles. The van der Waals surface area contributed by atoms with Crippen molar-refractivity contribution in [3.8, 4) is 22.9 Å². The first-order chi connectivity index (χ1) is 19.8. The number of allylic oxidation sites excluding steroid dienone is 5. The molecule has 0 fully saturated rings. The van der Waals surface area contributed by atoms with Crippen LogP contribution in [0.1, 0.15) is 16.8 Å². The summed E-state index contributed by atoms with van der Waals surface area (Å²) in [6.45, 7) is 0.281. The Kier molecular flexibility index (Phi) is 8.11. The van der Waals surface area contributed by atoms with Crippen LogP contribution in [0.4, 0.5) is 5.69 Å². The van der Waals surface area contributed by atoms with Crippen molar-refractivity contribution in [3.63, 3.8) is 0 Å². The average molecular weight is 563 g/mol. The van der Waals surface area contributed by atoms with E-state index in [1.807, 2.05) is 89.8 Å². The van der Waals surface area contributed by atoms with Crippen molar-refractivity contribution in [3.05, 3.63) is 132 Å². The SMILES string of the molecule is N#CC(=CC=CC=C1Oc2ccc(-c3ccccc3)cc2N1CCCS(=O)(=O)O)C(=O)c1cccc2ccccc12. The summed E-state index contributed by atoms with van der Waals surface area (Å²) < 4.78 is 37.9. The van der Waals surface area contributed by atoms with Crippen LogP contribution >= 0.6 is 0 Å². The lowest BCUT2D eigenvalue weighted by atomic mass is 9.97. The Morgan fingerprint density at radius 2 is 1.68 bits per heavy atom. The fourth-order valence-corrected chi connectivity index (χ4v) is 5.19. The molecule has 0 saturated heterocycles. The van der Waals surface area contributed by atoms with E-state index in [0.717, 1.165) is 27.6 Å². The molecule has 1 N–H and O–H groups in total. The zero-order chi connectivity index (χ0) is 28.8. The van der Waals surface area contributed by atoms with Crippen molar-refractivity contribution in [2.75, 3.05) is 17.2 Å². The van der Waals surface area contributed by atoms with Crippen LogP contribution < -0.4 is 9.64 Å². The maximum atomic E-state index is 13.1. The number of anilines is 1. The molecule has 1 aliphatic heterocycles. The number of ketones is 1. The molecule has 0 amide bonds. The molecule has 204 valence electrons. The number of Topliss-reactive ketones (excluding diaryl/α,β-unsaturated/α-hetero) is 1. The second-order valence-electron chi connectivity index (χ2n) is 9.38. The van der Waals surface area contributed by atoms with E-state index in [9.17, 15) is 23.0 Å². The van der Waals surface area contributed by atoms with Crippen LogP contribution in [0.15, 0.2) is 127 Å². The minimum absolute atomic E-state index is 0.0101. The van der Waals surface area contributed by atoms with Crippen molar-refractivity contribution < 1.29 is 22.5 Å². The molecule has 0 aromatic heterocycles. The molecular weight excluding hydrogens is 536 g/mol. The molecule has 5 rings (SSSR count). The van der Waals surface area contributed by atoms with Gasteiger partial charge in [0.1, 0.15) is 6.07 Å². The summed E-state index contributed by atoms with van der Waals surface area (Å²) in [6.07, 6.45) is 6.56. The van der Waals surface area contributed by atoms with Gasteiger partial charge in [0.05, 0.1) is 17.0 Å². The predicted molar refractivity (Wildman–Crippen MR) is 160 cm³/mol. The molecule has 0 atom stereocenters. The van der Waals surface area contributed by atoms with Gasteiger partial charge in [-0.2, -0.15) is 13.7 Å². The van der Waals surface area contributed by atoms with E-state index in [0.29, 0.717) is 17.2 Å². The molecule has 0 saturated carbocycles. The smallest absolute Gasteiger partial charge is 0.264 e. The van der Waals surface area contributed by atoms with E-state index < -0.39 is 10.1 Å². The minimum atomic E-state index is -4.11. The van der Waals surface area contributed by atoms with Crippen molar-refractivity contribution in [1.29, 1.82) is 5.26 Å². The molecular formula is C33H26N2O5S. The largest absolute Gasteiger partial charge is 0.439 e. The van der Waals surface area contributed by atoms with Crippen LogP contribution in [0.3, 0.4) is 0 Å². The van der Waals surface area contributed by atoms with Gasteiger partial charge in [0.2, 0.25) is 11.7 Å². The fourth-order valence-electron chi connectivity index (χ4n) is 4.69. The van der Waals surface area contributed by atoms with E-state index in [-0.39, 0.29) is 30.1 Å². The van der Waals surface area contributed by atoms with Crippen LogP contribution in [0.2, 0.25) is 0 Å². The van der Waals surface area contributed by atoms with Gasteiger partial charge < -0.3 is 9.64 Å². The standard InChI is InChI=1S/C33H26N2O5S/c34-23-27(33(36)29-16-8-14-25-12-4-6-15-28(25)29)13-5-7-17-32-35(20-9-21-41(37,38)39)30-22-26(18-19-31(30)40-32)24-10-2-1-3-11-24/h1-8,10-19,22H,9,20-21H2,(H,37,38,39). The Morgan fingerprint density at radius 1 is 0.927 bits per heavy atom. The van der Waals surface area contributed by atoms with Crippen LogP contribution in [0, 0.1) is 11.3 Å². The summed E-state index contributed by atoms with van der Waals surface area (Å²) in [7, 11) is -4.11. The highest BCUT2D eigenvalue weighted by Crippen LogP contribution is 2.41. The Morgan fingerprint density at radius 3 is 2.46 bits per heavy atom.